The van der Waals surface area contributed by atoms with Crippen molar-refractivity contribution in [3.8, 4) is 0 Å². The van der Waals surface area contributed by atoms with Crippen molar-refractivity contribution in [3.63, 3.8) is 0 Å². The first-order valence-corrected chi connectivity index (χ1v) is 9.17. The van der Waals surface area contributed by atoms with Crippen LogP contribution in [0.3, 0.4) is 0 Å². The molecule has 0 bridgehead atoms. The maximum absolute atomic E-state index is 4.73. The number of aromatic amines is 1. The Morgan fingerprint density at radius 3 is 2.43 bits per heavy atom. The number of nitrogens with zero attached hydrogens (tertiary/aromatic N) is 5. The zero-order valence-electron chi connectivity index (χ0n) is 14.0. The van der Waals surface area contributed by atoms with Gasteiger partial charge in [0, 0.05) is 60.8 Å². The molecule has 0 unspecified atom stereocenters. The molecule has 0 aromatic carbocycles. The Hall–Kier alpha value is -1.63. The van der Waals surface area contributed by atoms with Crippen LogP contribution >= 0.6 is 11.5 Å². The molecular formula is C16H24N6S. The summed E-state index contributed by atoms with van der Waals surface area (Å²) in [7, 11) is 0. The SMILES string of the molecule is CC(C)(C)c1nsc(N2CCN(c3cc(C4CC4)[nH]n3)CC2)n1. The Morgan fingerprint density at radius 1 is 1.13 bits per heavy atom. The van der Waals surface area contributed by atoms with Gasteiger partial charge in [0.25, 0.3) is 0 Å². The van der Waals surface area contributed by atoms with E-state index in [4.69, 9.17) is 4.98 Å². The Labute approximate surface area is 141 Å². The molecule has 2 aliphatic rings. The molecule has 4 rings (SSSR count). The first-order chi connectivity index (χ1) is 11.0. The van der Waals surface area contributed by atoms with Crippen LogP contribution in [0.2, 0.25) is 0 Å². The fourth-order valence-corrected chi connectivity index (χ4v) is 3.77. The molecule has 3 heterocycles. The first kappa shape index (κ1) is 14.9. The highest BCUT2D eigenvalue weighted by Gasteiger charge is 2.28. The number of hydrogen-bond acceptors (Lipinski definition) is 6. The number of rotatable bonds is 3. The van der Waals surface area contributed by atoms with Crippen molar-refractivity contribution >= 4 is 22.5 Å². The van der Waals surface area contributed by atoms with Gasteiger partial charge in [0.05, 0.1) is 0 Å². The summed E-state index contributed by atoms with van der Waals surface area (Å²) >= 11 is 1.52. The highest BCUT2D eigenvalue weighted by molar-refractivity contribution is 7.09. The largest absolute Gasteiger partial charge is 0.352 e. The number of anilines is 2. The van der Waals surface area contributed by atoms with Crippen molar-refractivity contribution < 1.29 is 0 Å². The number of piperazine rings is 1. The smallest absolute Gasteiger partial charge is 0.205 e. The molecule has 1 N–H and O–H groups in total. The zero-order chi connectivity index (χ0) is 16.0. The van der Waals surface area contributed by atoms with Crippen LogP contribution in [0.4, 0.5) is 10.9 Å². The maximum Gasteiger partial charge on any atom is 0.205 e. The fourth-order valence-electron chi connectivity index (χ4n) is 2.87. The van der Waals surface area contributed by atoms with Crippen LogP contribution in [0.1, 0.15) is 51.0 Å². The van der Waals surface area contributed by atoms with Crippen LogP contribution in [0.25, 0.3) is 0 Å². The average Bonchev–Trinajstić information content (AvgIpc) is 3.05. The summed E-state index contributed by atoms with van der Waals surface area (Å²) in [5, 5.41) is 8.75. The van der Waals surface area contributed by atoms with Gasteiger partial charge in [-0.15, -0.1) is 0 Å². The normalized spacial score (nSPS) is 19.4. The highest BCUT2D eigenvalue weighted by atomic mass is 32.1. The number of nitrogens with one attached hydrogen (secondary N) is 1. The van der Waals surface area contributed by atoms with Gasteiger partial charge < -0.3 is 9.80 Å². The minimum Gasteiger partial charge on any atom is -0.352 e. The monoisotopic (exact) mass is 332 g/mol. The van der Waals surface area contributed by atoms with E-state index in [1.807, 2.05) is 0 Å². The molecule has 1 aliphatic heterocycles. The third-order valence-corrected chi connectivity index (χ3v) is 5.34. The standard InChI is InChI=1S/C16H24N6S/c1-16(2,3)14-17-15(23-20-14)22-8-6-21(7-9-22)13-10-12(18-19-13)11-4-5-11/h10-11H,4-9H2,1-3H3,(H,18,19). The van der Waals surface area contributed by atoms with E-state index in [1.165, 1.54) is 30.1 Å². The molecule has 2 fully saturated rings. The van der Waals surface area contributed by atoms with Crippen LogP contribution in [-0.2, 0) is 5.41 Å². The van der Waals surface area contributed by atoms with E-state index < -0.39 is 0 Å². The lowest BCUT2D eigenvalue weighted by atomic mass is 9.96. The van der Waals surface area contributed by atoms with Gasteiger partial charge in [-0.2, -0.15) is 9.47 Å². The molecular weight excluding hydrogens is 308 g/mol. The van der Waals surface area contributed by atoms with E-state index in [1.54, 1.807) is 0 Å². The van der Waals surface area contributed by atoms with Crippen molar-refractivity contribution in [2.75, 3.05) is 36.0 Å². The molecule has 0 radical (unpaired) electrons. The number of hydrogen-bond donors (Lipinski definition) is 1. The minimum atomic E-state index is 0.0187. The van der Waals surface area contributed by atoms with Crippen LogP contribution < -0.4 is 9.80 Å². The van der Waals surface area contributed by atoms with E-state index in [9.17, 15) is 0 Å². The van der Waals surface area contributed by atoms with E-state index in [0.29, 0.717) is 0 Å². The van der Waals surface area contributed by atoms with Crippen molar-refractivity contribution in [2.24, 2.45) is 0 Å². The van der Waals surface area contributed by atoms with Gasteiger partial charge in [0.15, 0.2) is 5.82 Å². The van der Waals surface area contributed by atoms with Crippen LogP contribution in [-0.4, -0.2) is 45.7 Å². The van der Waals surface area contributed by atoms with Gasteiger partial charge in [-0.05, 0) is 12.8 Å². The van der Waals surface area contributed by atoms with E-state index in [2.05, 4.69) is 51.2 Å². The average molecular weight is 332 g/mol. The summed E-state index contributed by atoms with van der Waals surface area (Å²) in [6, 6.07) is 2.23. The van der Waals surface area contributed by atoms with E-state index in [0.717, 1.165) is 48.9 Å². The lowest BCUT2D eigenvalue weighted by Crippen LogP contribution is -2.46. The van der Waals surface area contributed by atoms with Gasteiger partial charge in [0.1, 0.15) is 5.82 Å². The van der Waals surface area contributed by atoms with Crippen LogP contribution in [0.15, 0.2) is 6.07 Å². The van der Waals surface area contributed by atoms with Crippen molar-refractivity contribution in [2.45, 2.75) is 44.9 Å². The minimum absolute atomic E-state index is 0.0187. The summed E-state index contributed by atoms with van der Waals surface area (Å²) in [5.41, 5.74) is 1.33. The molecule has 2 aromatic heterocycles. The summed E-state index contributed by atoms with van der Waals surface area (Å²) in [6.07, 6.45) is 2.62. The van der Waals surface area contributed by atoms with Gasteiger partial charge in [-0.3, -0.25) is 5.10 Å². The molecule has 0 atom stereocenters. The quantitative estimate of drug-likeness (QED) is 0.936. The lowest BCUT2D eigenvalue weighted by Gasteiger charge is -2.34. The van der Waals surface area contributed by atoms with Gasteiger partial charge in [0.2, 0.25) is 5.13 Å². The topological polar surface area (TPSA) is 60.9 Å². The fraction of sp³-hybridized carbons (Fsp3) is 0.688. The van der Waals surface area contributed by atoms with E-state index >= 15 is 0 Å². The predicted molar refractivity (Wildman–Crippen MR) is 93.6 cm³/mol. The molecule has 1 aliphatic carbocycles. The first-order valence-electron chi connectivity index (χ1n) is 8.40. The maximum atomic E-state index is 4.73. The van der Waals surface area contributed by atoms with Crippen molar-refractivity contribution in [3.05, 3.63) is 17.6 Å². The third-order valence-electron chi connectivity index (χ3n) is 4.56. The van der Waals surface area contributed by atoms with Crippen LogP contribution in [0.5, 0.6) is 0 Å². The second kappa shape index (κ2) is 5.47. The molecule has 0 amide bonds. The molecule has 6 nitrogen and oxygen atoms in total. The third kappa shape index (κ3) is 3.06. The second-order valence-corrected chi connectivity index (χ2v) is 8.31. The number of H-pyrrole nitrogens is 1. The number of aromatic nitrogens is 4. The van der Waals surface area contributed by atoms with Gasteiger partial charge in [-0.25, -0.2) is 4.98 Å². The van der Waals surface area contributed by atoms with Crippen molar-refractivity contribution in [1.82, 2.24) is 19.6 Å². The predicted octanol–water partition coefficient (Wildman–Crippen LogP) is 2.76. The Balaban J connectivity index is 1.39. The molecule has 0 spiro atoms. The van der Waals surface area contributed by atoms with Crippen molar-refractivity contribution in [1.29, 1.82) is 0 Å². The molecule has 2 aromatic rings. The molecule has 124 valence electrons. The zero-order valence-corrected chi connectivity index (χ0v) is 14.9. The molecule has 23 heavy (non-hydrogen) atoms. The Kier molecular flexibility index (Phi) is 3.55. The molecule has 1 saturated heterocycles. The second-order valence-electron chi connectivity index (χ2n) is 7.58. The highest BCUT2D eigenvalue weighted by Crippen LogP contribution is 2.40. The van der Waals surface area contributed by atoms with Crippen LogP contribution in [0, 0.1) is 0 Å². The molecule has 1 saturated carbocycles. The Morgan fingerprint density at radius 2 is 1.83 bits per heavy atom. The lowest BCUT2D eigenvalue weighted by molar-refractivity contribution is 0.553. The summed E-state index contributed by atoms with van der Waals surface area (Å²) in [6.45, 7) is 10.4. The summed E-state index contributed by atoms with van der Waals surface area (Å²) < 4.78 is 4.53. The van der Waals surface area contributed by atoms with E-state index in [-0.39, 0.29) is 5.41 Å². The summed E-state index contributed by atoms with van der Waals surface area (Å²) in [4.78, 5) is 9.44. The summed E-state index contributed by atoms with van der Waals surface area (Å²) in [5.74, 6) is 2.77. The van der Waals surface area contributed by atoms with Gasteiger partial charge in [-0.1, -0.05) is 20.8 Å². The Bertz CT molecular complexity index is 673. The van der Waals surface area contributed by atoms with Gasteiger partial charge >= 0.3 is 0 Å². The molecule has 7 heteroatoms.